The molecule has 2 aliphatic rings. The molecule has 0 aliphatic carbocycles. The Bertz CT molecular complexity index is 895. The van der Waals surface area contributed by atoms with Crippen molar-refractivity contribution in [3.05, 3.63) is 59.7 Å². The maximum atomic E-state index is 14.0. The van der Waals surface area contributed by atoms with Gasteiger partial charge in [0.05, 0.1) is 11.6 Å². The zero-order valence-electron chi connectivity index (χ0n) is 14.6. The lowest BCUT2D eigenvalue weighted by atomic mass is 9.89. The summed E-state index contributed by atoms with van der Waals surface area (Å²) in [6.45, 7) is 1.92. The highest BCUT2D eigenvalue weighted by Gasteiger charge is 2.35. The predicted octanol–water partition coefficient (Wildman–Crippen LogP) is 2.74. The Kier molecular flexibility index (Phi) is 4.51. The first-order valence-electron chi connectivity index (χ1n) is 8.90. The molecule has 27 heavy (non-hydrogen) atoms. The number of amides is 2. The lowest BCUT2D eigenvalue weighted by molar-refractivity contribution is -0.135. The van der Waals surface area contributed by atoms with E-state index in [1.54, 1.807) is 29.2 Å². The topological polar surface area (TPSA) is 52.7 Å². The Balaban J connectivity index is 1.49. The smallest absolute Gasteiger partial charge is 0.230 e. The van der Waals surface area contributed by atoms with Gasteiger partial charge < -0.3 is 15.1 Å². The number of hydrogen-bond acceptors (Lipinski definition) is 3. The lowest BCUT2D eigenvalue weighted by Crippen LogP contribution is -2.51. The maximum absolute atomic E-state index is 14.0. The number of nitrogens with zero attached hydrogens (tertiary/aromatic N) is 2. The van der Waals surface area contributed by atoms with Gasteiger partial charge in [0.25, 0.3) is 0 Å². The van der Waals surface area contributed by atoms with Gasteiger partial charge in [-0.3, -0.25) is 9.59 Å². The van der Waals surface area contributed by atoms with Gasteiger partial charge in [0.1, 0.15) is 11.6 Å². The van der Waals surface area contributed by atoms with Gasteiger partial charge in [0, 0.05) is 38.3 Å². The van der Waals surface area contributed by atoms with Crippen LogP contribution < -0.4 is 10.2 Å². The molecule has 2 amide bonds. The van der Waals surface area contributed by atoms with Gasteiger partial charge in [-0.05, 0) is 29.8 Å². The Labute approximate surface area is 155 Å². The Hall–Kier alpha value is -2.96. The number of anilines is 2. The molecule has 1 N–H and O–H groups in total. The summed E-state index contributed by atoms with van der Waals surface area (Å²) in [5.41, 5.74) is 1.52. The number of rotatable bonds is 2. The number of para-hydroxylation sites is 1. The van der Waals surface area contributed by atoms with Gasteiger partial charge in [-0.1, -0.05) is 18.2 Å². The fraction of sp³-hybridized carbons (Fsp3) is 0.300. The van der Waals surface area contributed by atoms with E-state index in [0.717, 1.165) is 0 Å². The molecule has 7 heteroatoms. The van der Waals surface area contributed by atoms with E-state index in [-0.39, 0.29) is 24.1 Å². The molecule has 0 radical (unpaired) electrons. The van der Waals surface area contributed by atoms with Gasteiger partial charge in [-0.25, -0.2) is 8.78 Å². The second-order valence-electron chi connectivity index (χ2n) is 6.80. The Morgan fingerprint density at radius 1 is 1.04 bits per heavy atom. The van der Waals surface area contributed by atoms with E-state index in [9.17, 15) is 18.4 Å². The first kappa shape index (κ1) is 17.5. The molecule has 0 aromatic heterocycles. The van der Waals surface area contributed by atoms with Crippen molar-refractivity contribution >= 4 is 23.2 Å². The van der Waals surface area contributed by atoms with Crippen LogP contribution in [-0.2, 0) is 9.59 Å². The van der Waals surface area contributed by atoms with Crippen LogP contribution in [0.15, 0.2) is 42.5 Å². The van der Waals surface area contributed by atoms with Crippen LogP contribution >= 0.6 is 0 Å². The number of carbonyl (C=O) groups is 2. The number of halogens is 2. The molecule has 4 rings (SSSR count). The van der Waals surface area contributed by atoms with Crippen molar-refractivity contribution in [2.75, 3.05) is 36.4 Å². The average Bonchev–Trinajstić information content (AvgIpc) is 2.67. The number of carbonyl (C=O) groups excluding carboxylic acids is 2. The summed E-state index contributed by atoms with van der Waals surface area (Å²) in [4.78, 5) is 28.6. The Morgan fingerprint density at radius 3 is 2.52 bits per heavy atom. The second-order valence-corrected chi connectivity index (χ2v) is 6.80. The highest BCUT2D eigenvalue weighted by molar-refractivity contribution is 6.01. The summed E-state index contributed by atoms with van der Waals surface area (Å²) < 4.78 is 27.4. The molecule has 2 heterocycles. The van der Waals surface area contributed by atoms with Gasteiger partial charge in [0.15, 0.2) is 0 Å². The summed E-state index contributed by atoms with van der Waals surface area (Å²) in [7, 11) is 0. The summed E-state index contributed by atoms with van der Waals surface area (Å²) >= 11 is 0. The van der Waals surface area contributed by atoms with Crippen LogP contribution in [0.3, 0.4) is 0 Å². The van der Waals surface area contributed by atoms with Crippen molar-refractivity contribution in [1.29, 1.82) is 0 Å². The van der Waals surface area contributed by atoms with Crippen molar-refractivity contribution in [2.45, 2.75) is 12.3 Å². The molecule has 0 bridgehead atoms. The zero-order chi connectivity index (χ0) is 19.0. The number of fused-ring (bicyclic) bond motifs is 1. The molecular weight excluding hydrogens is 352 g/mol. The summed E-state index contributed by atoms with van der Waals surface area (Å²) in [6.07, 6.45) is 0.0466. The van der Waals surface area contributed by atoms with Gasteiger partial charge >= 0.3 is 0 Å². The van der Waals surface area contributed by atoms with E-state index in [1.807, 2.05) is 4.90 Å². The summed E-state index contributed by atoms with van der Waals surface area (Å²) in [5.74, 6) is -1.80. The molecule has 0 spiro atoms. The molecule has 2 aromatic rings. The third-order valence-electron chi connectivity index (χ3n) is 5.14. The minimum absolute atomic E-state index is 0.0466. The van der Waals surface area contributed by atoms with Crippen LogP contribution in [0.2, 0.25) is 0 Å². The van der Waals surface area contributed by atoms with E-state index >= 15 is 0 Å². The van der Waals surface area contributed by atoms with Crippen molar-refractivity contribution in [2.24, 2.45) is 0 Å². The van der Waals surface area contributed by atoms with Crippen molar-refractivity contribution < 1.29 is 18.4 Å². The number of nitrogens with one attached hydrogen (secondary N) is 1. The number of piperazine rings is 1. The van der Waals surface area contributed by atoms with Crippen molar-refractivity contribution in [3.63, 3.8) is 0 Å². The molecular formula is C20H19F2N3O2. The largest absolute Gasteiger partial charge is 0.366 e. The maximum Gasteiger partial charge on any atom is 0.230 e. The van der Waals surface area contributed by atoms with Crippen molar-refractivity contribution in [1.82, 2.24) is 4.90 Å². The minimum atomic E-state index is -0.616. The van der Waals surface area contributed by atoms with Gasteiger partial charge in [-0.2, -0.15) is 0 Å². The average molecular weight is 371 g/mol. The molecule has 5 nitrogen and oxygen atoms in total. The zero-order valence-corrected chi connectivity index (χ0v) is 14.6. The molecule has 0 unspecified atom stereocenters. The minimum Gasteiger partial charge on any atom is -0.366 e. The monoisotopic (exact) mass is 371 g/mol. The second kappa shape index (κ2) is 6.98. The fourth-order valence-electron chi connectivity index (χ4n) is 3.75. The normalized spacial score (nSPS) is 19.5. The van der Waals surface area contributed by atoms with E-state index in [1.165, 1.54) is 18.2 Å². The van der Waals surface area contributed by atoms with Crippen LogP contribution in [0.25, 0.3) is 0 Å². The molecule has 2 aliphatic heterocycles. The lowest BCUT2D eigenvalue weighted by Gasteiger charge is -2.38. The van der Waals surface area contributed by atoms with Crippen LogP contribution in [0.4, 0.5) is 20.2 Å². The van der Waals surface area contributed by atoms with Gasteiger partial charge in [-0.15, -0.1) is 0 Å². The third kappa shape index (κ3) is 3.37. The first-order chi connectivity index (χ1) is 13.0. The summed E-state index contributed by atoms with van der Waals surface area (Å²) in [6, 6.07) is 10.7. The SMILES string of the molecule is O=C1C[C@@H](C(=O)N2CCN(c3ccccc3F)CC2)c2ccc(F)cc2N1. The first-order valence-corrected chi connectivity index (χ1v) is 8.90. The van der Waals surface area contributed by atoms with E-state index < -0.39 is 11.7 Å². The van der Waals surface area contributed by atoms with E-state index in [2.05, 4.69) is 5.32 Å². The van der Waals surface area contributed by atoms with E-state index in [0.29, 0.717) is 43.1 Å². The van der Waals surface area contributed by atoms with Crippen molar-refractivity contribution in [3.8, 4) is 0 Å². The van der Waals surface area contributed by atoms with E-state index in [4.69, 9.17) is 0 Å². The van der Waals surface area contributed by atoms with Crippen LogP contribution in [0.1, 0.15) is 17.9 Å². The molecule has 1 atom stereocenters. The molecule has 0 saturated carbocycles. The van der Waals surface area contributed by atoms with Crippen LogP contribution in [-0.4, -0.2) is 42.9 Å². The predicted molar refractivity (Wildman–Crippen MR) is 97.6 cm³/mol. The van der Waals surface area contributed by atoms with Crippen LogP contribution in [0, 0.1) is 11.6 Å². The van der Waals surface area contributed by atoms with Gasteiger partial charge in [0.2, 0.25) is 11.8 Å². The van der Waals surface area contributed by atoms with Crippen LogP contribution in [0.5, 0.6) is 0 Å². The molecule has 2 aromatic carbocycles. The fourth-order valence-corrected chi connectivity index (χ4v) is 3.75. The standard InChI is InChI=1S/C20H19F2N3O2/c21-13-5-6-14-15(12-19(26)23-17(14)11-13)20(27)25-9-7-24(8-10-25)18-4-2-1-3-16(18)22/h1-6,11,15H,7-10,12H2,(H,23,26)/t15-/m1/s1. The highest BCUT2D eigenvalue weighted by atomic mass is 19.1. The molecule has 1 saturated heterocycles. The Morgan fingerprint density at radius 2 is 1.78 bits per heavy atom. The third-order valence-corrected chi connectivity index (χ3v) is 5.14. The highest BCUT2D eigenvalue weighted by Crippen LogP contribution is 2.34. The number of benzene rings is 2. The quantitative estimate of drug-likeness (QED) is 0.883. The molecule has 1 fully saturated rings. The molecule has 140 valence electrons. The number of hydrogen-bond donors (Lipinski definition) is 1. The summed E-state index contributed by atoms with van der Waals surface area (Å²) in [5, 5.41) is 2.62.